The number of carbonyl (C=O) groups excluding carboxylic acids is 1. The minimum absolute atomic E-state index is 0.177. The number of carbonyl (C=O) groups is 1. The van der Waals surface area contributed by atoms with E-state index in [1.54, 1.807) is 24.0 Å². The fourth-order valence-corrected chi connectivity index (χ4v) is 3.85. The molecule has 154 valence electrons. The number of alkyl halides is 2. The van der Waals surface area contributed by atoms with Gasteiger partial charge in [0.05, 0.1) is 17.3 Å². The second-order valence-electron chi connectivity index (χ2n) is 7.55. The van der Waals surface area contributed by atoms with Crippen molar-refractivity contribution in [3.63, 3.8) is 0 Å². The van der Waals surface area contributed by atoms with Crippen LogP contribution in [-0.2, 0) is 0 Å². The first-order valence-electron chi connectivity index (χ1n) is 9.59. The number of fused-ring (bicyclic) bond motifs is 2. The summed E-state index contributed by atoms with van der Waals surface area (Å²) in [5.74, 6) is -2.58. The second kappa shape index (κ2) is 6.75. The number of hydrogen-bond acceptors (Lipinski definition) is 5. The fourth-order valence-electron chi connectivity index (χ4n) is 3.85. The van der Waals surface area contributed by atoms with Crippen LogP contribution in [-0.4, -0.2) is 50.0 Å². The van der Waals surface area contributed by atoms with Gasteiger partial charge in [0.2, 0.25) is 11.9 Å². The molecular formula is C20H19F2N7O. The van der Waals surface area contributed by atoms with Crippen molar-refractivity contribution >= 4 is 28.4 Å². The van der Waals surface area contributed by atoms with E-state index < -0.39 is 5.92 Å². The molecule has 1 saturated carbocycles. The summed E-state index contributed by atoms with van der Waals surface area (Å²) in [4.78, 5) is 24.4. The van der Waals surface area contributed by atoms with Gasteiger partial charge in [-0.05, 0) is 23.6 Å². The quantitative estimate of drug-likeness (QED) is 0.469. The standard InChI is InChI=1S/C20H19F2N7O/c1-23-19-26-9-14-13(8-24-17(14)28-19)12-2-3-29-16(4-12)15(10-27-29)18(30)25-7-11-5-20(21,22)6-11/h2-4,8-11H,5-7H2,1H3,(H,25,30)(H2,23,24,26,28). The van der Waals surface area contributed by atoms with Gasteiger partial charge in [0.25, 0.3) is 5.91 Å². The smallest absolute Gasteiger partial charge is 0.255 e. The monoisotopic (exact) mass is 411 g/mol. The van der Waals surface area contributed by atoms with Crippen LogP contribution in [0.4, 0.5) is 14.7 Å². The van der Waals surface area contributed by atoms with E-state index in [1.807, 2.05) is 18.3 Å². The summed E-state index contributed by atoms with van der Waals surface area (Å²) in [6, 6.07) is 3.76. The third kappa shape index (κ3) is 3.14. The van der Waals surface area contributed by atoms with Crippen molar-refractivity contribution in [2.75, 3.05) is 18.9 Å². The maximum absolute atomic E-state index is 13.0. The Morgan fingerprint density at radius 2 is 2.20 bits per heavy atom. The van der Waals surface area contributed by atoms with E-state index in [9.17, 15) is 13.6 Å². The Hall–Kier alpha value is -3.56. The molecule has 0 bridgehead atoms. The third-order valence-electron chi connectivity index (χ3n) is 5.46. The molecule has 4 aromatic rings. The summed E-state index contributed by atoms with van der Waals surface area (Å²) in [5.41, 5.74) is 3.51. The highest BCUT2D eigenvalue weighted by atomic mass is 19.3. The van der Waals surface area contributed by atoms with Crippen molar-refractivity contribution < 1.29 is 13.6 Å². The van der Waals surface area contributed by atoms with Gasteiger partial charge in [0, 0.05) is 56.0 Å². The van der Waals surface area contributed by atoms with Gasteiger partial charge in [0.15, 0.2) is 0 Å². The number of pyridine rings is 1. The van der Waals surface area contributed by atoms with Gasteiger partial charge in [-0.25, -0.2) is 18.3 Å². The number of H-pyrrole nitrogens is 1. The van der Waals surface area contributed by atoms with Gasteiger partial charge in [-0.1, -0.05) is 0 Å². The summed E-state index contributed by atoms with van der Waals surface area (Å²) < 4.78 is 27.6. The number of anilines is 1. The topological polar surface area (TPSA) is 100 Å². The zero-order valence-electron chi connectivity index (χ0n) is 16.1. The van der Waals surface area contributed by atoms with Gasteiger partial charge in [-0.15, -0.1) is 0 Å². The van der Waals surface area contributed by atoms with Gasteiger partial charge in [-0.2, -0.15) is 10.1 Å². The van der Waals surface area contributed by atoms with E-state index in [4.69, 9.17) is 0 Å². The second-order valence-corrected chi connectivity index (χ2v) is 7.55. The third-order valence-corrected chi connectivity index (χ3v) is 5.46. The molecule has 5 rings (SSSR count). The molecule has 0 atom stereocenters. The number of hydrogen-bond donors (Lipinski definition) is 3. The number of nitrogens with one attached hydrogen (secondary N) is 3. The Kier molecular flexibility index (Phi) is 4.16. The molecule has 30 heavy (non-hydrogen) atoms. The molecule has 0 radical (unpaired) electrons. The number of halogens is 2. The van der Waals surface area contributed by atoms with Crippen molar-refractivity contribution in [3.8, 4) is 11.1 Å². The van der Waals surface area contributed by atoms with E-state index >= 15 is 0 Å². The predicted octanol–water partition coefficient (Wildman–Crippen LogP) is 3.09. The van der Waals surface area contributed by atoms with Crippen LogP contribution in [0.25, 0.3) is 27.7 Å². The Bertz CT molecular complexity index is 1250. The lowest BCUT2D eigenvalue weighted by atomic mass is 9.81. The van der Waals surface area contributed by atoms with E-state index in [1.165, 1.54) is 6.20 Å². The molecule has 8 nitrogen and oxygen atoms in total. The fraction of sp³-hybridized carbons (Fsp3) is 0.300. The highest BCUT2D eigenvalue weighted by Gasteiger charge is 2.45. The van der Waals surface area contributed by atoms with Crippen LogP contribution < -0.4 is 10.6 Å². The molecule has 0 spiro atoms. The molecule has 4 aromatic heterocycles. The molecule has 0 aromatic carbocycles. The number of amides is 1. The van der Waals surface area contributed by atoms with Crippen molar-refractivity contribution in [3.05, 3.63) is 42.5 Å². The summed E-state index contributed by atoms with van der Waals surface area (Å²) in [6.45, 7) is 0.235. The van der Waals surface area contributed by atoms with Gasteiger partial charge >= 0.3 is 0 Å². The number of nitrogens with zero attached hydrogens (tertiary/aromatic N) is 4. The molecular weight excluding hydrogens is 392 g/mol. The van der Waals surface area contributed by atoms with Crippen LogP contribution in [0.2, 0.25) is 0 Å². The average Bonchev–Trinajstić information content (AvgIpc) is 3.33. The maximum Gasteiger partial charge on any atom is 0.255 e. The Morgan fingerprint density at radius 1 is 1.37 bits per heavy atom. The van der Waals surface area contributed by atoms with Gasteiger partial charge in [-0.3, -0.25) is 4.79 Å². The molecule has 1 fully saturated rings. The lowest BCUT2D eigenvalue weighted by Crippen LogP contribution is -2.42. The molecule has 4 heterocycles. The predicted molar refractivity (Wildman–Crippen MR) is 108 cm³/mol. The molecule has 1 amide bonds. The summed E-state index contributed by atoms with van der Waals surface area (Å²) >= 11 is 0. The molecule has 1 aliphatic rings. The first-order valence-corrected chi connectivity index (χ1v) is 9.59. The van der Waals surface area contributed by atoms with Crippen LogP contribution in [0.15, 0.2) is 36.9 Å². The van der Waals surface area contributed by atoms with E-state index in [0.717, 1.165) is 16.5 Å². The van der Waals surface area contributed by atoms with Crippen molar-refractivity contribution in [1.29, 1.82) is 0 Å². The Morgan fingerprint density at radius 3 is 2.97 bits per heavy atom. The van der Waals surface area contributed by atoms with E-state index in [-0.39, 0.29) is 31.2 Å². The van der Waals surface area contributed by atoms with Crippen molar-refractivity contribution in [1.82, 2.24) is 29.9 Å². The Balaban J connectivity index is 1.43. The molecule has 10 heteroatoms. The maximum atomic E-state index is 13.0. The summed E-state index contributed by atoms with van der Waals surface area (Å²) in [6.07, 6.45) is 6.49. The molecule has 3 N–H and O–H groups in total. The first kappa shape index (κ1) is 18.5. The molecule has 0 saturated heterocycles. The largest absolute Gasteiger partial charge is 0.357 e. The molecule has 1 aliphatic carbocycles. The number of aromatic amines is 1. The normalized spacial score (nSPS) is 16.0. The zero-order valence-corrected chi connectivity index (χ0v) is 16.1. The number of aromatic nitrogens is 5. The van der Waals surface area contributed by atoms with Crippen LogP contribution in [0.3, 0.4) is 0 Å². The van der Waals surface area contributed by atoms with Gasteiger partial charge in [0.1, 0.15) is 5.65 Å². The highest BCUT2D eigenvalue weighted by molar-refractivity contribution is 6.02. The van der Waals surface area contributed by atoms with E-state index in [2.05, 4.69) is 30.7 Å². The van der Waals surface area contributed by atoms with Crippen molar-refractivity contribution in [2.45, 2.75) is 18.8 Å². The Labute approximate surface area is 169 Å². The van der Waals surface area contributed by atoms with Crippen LogP contribution in [0.1, 0.15) is 23.2 Å². The zero-order chi connectivity index (χ0) is 20.9. The van der Waals surface area contributed by atoms with Crippen LogP contribution in [0, 0.1) is 5.92 Å². The highest BCUT2D eigenvalue weighted by Crippen LogP contribution is 2.41. The SMILES string of the molecule is CNc1ncc2c(-c3ccn4ncc(C(=O)NCC5CC(F)(F)C5)c4c3)c[nH]c2n1. The lowest BCUT2D eigenvalue weighted by Gasteiger charge is -2.34. The minimum atomic E-state index is -2.59. The first-order chi connectivity index (χ1) is 14.4. The van der Waals surface area contributed by atoms with Crippen LogP contribution >= 0.6 is 0 Å². The van der Waals surface area contributed by atoms with E-state index in [0.29, 0.717) is 22.7 Å². The minimum Gasteiger partial charge on any atom is -0.357 e. The summed E-state index contributed by atoms with van der Waals surface area (Å²) in [7, 11) is 1.75. The number of rotatable bonds is 5. The lowest BCUT2D eigenvalue weighted by molar-refractivity contribution is -0.108. The summed E-state index contributed by atoms with van der Waals surface area (Å²) in [5, 5.41) is 10.7. The van der Waals surface area contributed by atoms with Gasteiger partial charge < -0.3 is 15.6 Å². The average molecular weight is 411 g/mol. The van der Waals surface area contributed by atoms with Crippen LogP contribution in [0.5, 0.6) is 0 Å². The molecule has 0 aliphatic heterocycles. The van der Waals surface area contributed by atoms with Crippen molar-refractivity contribution in [2.24, 2.45) is 5.92 Å². The molecule has 0 unspecified atom stereocenters.